The smallest absolute Gasteiger partial charge is 0.239 e. The van der Waals surface area contributed by atoms with Crippen molar-refractivity contribution in [2.24, 2.45) is 11.8 Å². The van der Waals surface area contributed by atoms with Gasteiger partial charge in [-0.05, 0) is 37.5 Å². The summed E-state index contributed by atoms with van der Waals surface area (Å²) in [5, 5.41) is 2.81. The van der Waals surface area contributed by atoms with Crippen molar-refractivity contribution in [2.45, 2.75) is 50.2 Å². The van der Waals surface area contributed by atoms with Crippen LogP contribution >= 0.6 is 0 Å². The number of nitrogens with zero attached hydrogens (tertiary/aromatic N) is 2. The SMILES string of the molecule is CNC(=O)[C@@H]1COC2(CN(CC3CCCC3)C2)CN1CC1CC1. The molecule has 0 aromatic carbocycles. The van der Waals surface area contributed by atoms with Crippen LogP contribution < -0.4 is 5.32 Å². The number of rotatable bonds is 5. The van der Waals surface area contributed by atoms with Gasteiger partial charge in [-0.3, -0.25) is 14.6 Å². The van der Waals surface area contributed by atoms with Gasteiger partial charge in [0, 0.05) is 39.8 Å². The van der Waals surface area contributed by atoms with Crippen molar-refractivity contribution in [1.82, 2.24) is 15.1 Å². The fraction of sp³-hybridized carbons (Fsp3) is 0.944. The molecule has 0 aromatic rings. The molecule has 2 aliphatic carbocycles. The van der Waals surface area contributed by atoms with E-state index in [2.05, 4.69) is 15.1 Å². The minimum atomic E-state index is -0.0879. The predicted octanol–water partition coefficient (Wildman–Crippen LogP) is 1.09. The summed E-state index contributed by atoms with van der Waals surface area (Å²) in [4.78, 5) is 17.1. The van der Waals surface area contributed by atoms with Crippen LogP contribution in [-0.2, 0) is 9.53 Å². The normalized spacial score (nSPS) is 32.1. The van der Waals surface area contributed by atoms with E-state index in [1.807, 2.05) is 0 Å². The lowest BCUT2D eigenvalue weighted by atomic mass is 9.89. The number of morpholine rings is 1. The highest BCUT2D eigenvalue weighted by Crippen LogP contribution is 2.37. The number of hydrogen-bond acceptors (Lipinski definition) is 4. The molecule has 2 saturated heterocycles. The Morgan fingerprint density at radius 3 is 2.43 bits per heavy atom. The summed E-state index contributed by atoms with van der Waals surface area (Å²) in [6.45, 7) is 5.95. The van der Waals surface area contributed by atoms with Crippen LogP contribution in [0.25, 0.3) is 0 Å². The van der Waals surface area contributed by atoms with E-state index in [1.54, 1.807) is 7.05 Å². The van der Waals surface area contributed by atoms with E-state index in [0.717, 1.165) is 38.0 Å². The molecule has 23 heavy (non-hydrogen) atoms. The van der Waals surface area contributed by atoms with Gasteiger partial charge in [0.25, 0.3) is 0 Å². The van der Waals surface area contributed by atoms with Gasteiger partial charge in [-0.25, -0.2) is 0 Å². The summed E-state index contributed by atoms with van der Waals surface area (Å²) < 4.78 is 6.22. The van der Waals surface area contributed by atoms with E-state index in [1.165, 1.54) is 45.1 Å². The minimum Gasteiger partial charge on any atom is -0.369 e. The molecule has 0 bridgehead atoms. The topological polar surface area (TPSA) is 44.8 Å². The molecule has 4 aliphatic rings. The van der Waals surface area contributed by atoms with E-state index < -0.39 is 0 Å². The monoisotopic (exact) mass is 321 g/mol. The quantitative estimate of drug-likeness (QED) is 0.823. The maximum absolute atomic E-state index is 12.1. The Labute approximate surface area is 139 Å². The fourth-order valence-corrected chi connectivity index (χ4v) is 4.77. The molecule has 0 radical (unpaired) electrons. The van der Waals surface area contributed by atoms with E-state index in [4.69, 9.17) is 4.74 Å². The second-order valence-corrected chi connectivity index (χ2v) is 8.32. The lowest BCUT2D eigenvalue weighted by Crippen LogP contribution is -2.73. The predicted molar refractivity (Wildman–Crippen MR) is 89.2 cm³/mol. The van der Waals surface area contributed by atoms with Crippen LogP contribution in [0, 0.1) is 11.8 Å². The van der Waals surface area contributed by atoms with Crippen molar-refractivity contribution in [3.8, 4) is 0 Å². The van der Waals surface area contributed by atoms with Crippen LogP contribution in [0.5, 0.6) is 0 Å². The zero-order valence-corrected chi connectivity index (χ0v) is 14.4. The van der Waals surface area contributed by atoms with Gasteiger partial charge in [0.2, 0.25) is 5.91 Å². The maximum atomic E-state index is 12.1. The number of likely N-dealkylation sites (tertiary alicyclic amines) is 1. The Morgan fingerprint density at radius 2 is 1.78 bits per heavy atom. The Bertz CT molecular complexity index is 440. The maximum Gasteiger partial charge on any atom is 0.239 e. The van der Waals surface area contributed by atoms with Gasteiger partial charge < -0.3 is 10.1 Å². The lowest BCUT2D eigenvalue weighted by molar-refractivity contribution is -0.202. The van der Waals surface area contributed by atoms with Crippen LogP contribution in [0.3, 0.4) is 0 Å². The molecule has 130 valence electrons. The van der Waals surface area contributed by atoms with E-state index in [0.29, 0.717) is 6.61 Å². The van der Waals surface area contributed by atoms with Crippen molar-refractivity contribution in [3.63, 3.8) is 0 Å². The van der Waals surface area contributed by atoms with Crippen LogP contribution in [0.4, 0.5) is 0 Å². The molecule has 2 heterocycles. The van der Waals surface area contributed by atoms with Crippen molar-refractivity contribution in [2.75, 3.05) is 46.4 Å². The van der Waals surface area contributed by atoms with Gasteiger partial charge in [-0.2, -0.15) is 0 Å². The molecule has 5 nitrogen and oxygen atoms in total. The highest BCUT2D eigenvalue weighted by molar-refractivity contribution is 5.81. The first kappa shape index (κ1) is 15.9. The average Bonchev–Trinajstić information content (AvgIpc) is 3.18. The van der Waals surface area contributed by atoms with Gasteiger partial charge in [-0.1, -0.05) is 12.8 Å². The Kier molecular flexibility index (Phi) is 4.37. The second kappa shape index (κ2) is 6.34. The summed E-state index contributed by atoms with van der Waals surface area (Å²) in [5.74, 6) is 1.84. The zero-order chi connectivity index (χ0) is 15.9. The largest absolute Gasteiger partial charge is 0.369 e. The first-order chi connectivity index (χ1) is 11.2. The van der Waals surface area contributed by atoms with Crippen molar-refractivity contribution < 1.29 is 9.53 Å². The molecule has 0 unspecified atom stereocenters. The number of amides is 1. The third-order valence-corrected chi connectivity index (χ3v) is 6.23. The molecule has 1 N–H and O–H groups in total. The summed E-state index contributed by atoms with van der Waals surface area (Å²) in [6.07, 6.45) is 8.33. The average molecular weight is 321 g/mol. The molecule has 5 heteroatoms. The number of carbonyl (C=O) groups excluding carboxylic acids is 1. The molecular weight excluding hydrogens is 290 g/mol. The molecule has 4 rings (SSSR count). The Hall–Kier alpha value is -0.650. The van der Waals surface area contributed by atoms with E-state index in [-0.39, 0.29) is 17.6 Å². The minimum absolute atomic E-state index is 0.00197. The first-order valence-electron chi connectivity index (χ1n) is 9.49. The lowest BCUT2D eigenvalue weighted by Gasteiger charge is -2.56. The fourth-order valence-electron chi connectivity index (χ4n) is 4.77. The molecule has 2 aliphatic heterocycles. The first-order valence-corrected chi connectivity index (χ1v) is 9.49. The molecule has 4 fully saturated rings. The number of ether oxygens (including phenoxy) is 1. The second-order valence-electron chi connectivity index (χ2n) is 8.32. The molecule has 1 spiro atoms. The van der Waals surface area contributed by atoms with Gasteiger partial charge >= 0.3 is 0 Å². The number of nitrogens with one attached hydrogen (secondary N) is 1. The number of likely N-dealkylation sites (N-methyl/N-ethyl adjacent to an activating group) is 1. The highest BCUT2D eigenvalue weighted by Gasteiger charge is 2.51. The molecular formula is C18H31N3O2. The van der Waals surface area contributed by atoms with Crippen LogP contribution in [0.1, 0.15) is 38.5 Å². The van der Waals surface area contributed by atoms with Gasteiger partial charge in [-0.15, -0.1) is 0 Å². The van der Waals surface area contributed by atoms with Gasteiger partial charge in [0.15, 0.2) is 0 Å². The van der Waals surface area contributed by atoms with Crippen molar-refractivity contribution in [1.29, 1.82) is 0 Å². The summed E-state index contributed by atoms with van der Waals surface area (Å²) in [5.41, 5.74) is -0.00197. The Balaban J connectivity index is 1.33. The summed E-state index contributed by atoms with van der Waals surface area (Å²) in [7, 11) is 1.73. The van der Waals surface area contributed by atoms with Gasteiger partial charge in [0.1, 0.15) is 11.6 Å². The third-order valence-electron chi connectivity index (χ3n) is 6.23. The zero-order valence-electron chi connectivity index (χ0n) is 14.4. The number of hydrogen-bond donors (Lipinski definition) is 1. The summed E-state index contributed by atoms with van der Waals surface area (Å²) >= 11 is 0. The van der Waals surface area contributed by atoms with E-state index >= 15 is 0 Å². The molecule has 0 aromatic heterocycles. The Morgan fingerprint density at radius 1 is 1.09 bits per heavy atom. The van der Waals surface area contributed by atoms with Crippen LogP contribution in [0.15, 0.2) is 0 Å². The van der Waals surface area contributed by atoms with Crippen LogP contribution in [-0.4, -0.2) is 73.7 Å². The molecule has 2 saturated carbocycles. The molecule has 1 amide bonds. The van der Waals surface area contributed by atoms with Crippen LogP contribution in [0.2, 0.25) is 0 Å². The van der Waals surface area contributed by atoms with Crippen molar-refractivity contribution >= 4 is 5.91 Å². The van der Waals surface area contributed by atoms with Gasteiger partial charge in [0.05, 0.1) is 6.61 Å². The van der Waals surface area contributed by atoms with Crippen molar-refractivity contribution in [3.05, 3.63) is 0 Å². The number of carbonyl (C=O) groups is 1. The standard InChI is InChI=1S/C18H31N3O2/c1-19-17(22)16-10-23-18(13-21(16)9-15-6-7-15)11-20(12-18)8-14-4-2-3-5-14/h14-16H,2-13H2,1H3,(H,19,22)/t16-/m0/s1. The third kappa shape index (κ3) is 3.42. The highest BCUT2D eigenvalue weighted by atomic mass is 16.5. The molecule has 1 atom stereocenters. The van der Waals surface area contributed by atoms with E-state index in [9.17, 15) is 4.79 Å². The summed E-state index contributed by atoms with van der Waals surface area (Å²) in [6, 6.07) is -0.0879.